The summed E-state index contributed by atoms with van der Waals surface area (Å²) in [5, 5.41) is 3.75. The van der Waals surface area contributed by atoms with E-state index in [9.17, 15) is 4.79 Å². The number of aromatic nitrogens is 2. The average Bonchev–Trinajstić information content (AvgIpc) is 2.88. The van der Waals surface area contributed by atoms with E-state index in [1.54, 1.807) is 24.4 Å². The van der Waals surface area contributed by atoms with Gasteiger partial charge in [-0.15, -0.1) is 0 Å². The Morgan fingerprint density at radius 2 is 2.10 bits per heavy atom. The molecule has 0 unspecified atom stereocenters. The second-order valence-electron chi connectivity index (χ2n) is 4.22. The van der Waals surface area contributed by atoms with Gasteiger partial charge in [-0.1, -0.05) is 41.1 Å². The first-order valence-electron chi connectivity index (χ1n) is 6.17. The van der Waals surface area contributed by atoms with Crippen molar-refractivity contribution in [3.8, 4) is 0 Å². The van der Waals surface area contributed by atoms with E-state index in [4.69, 9.17) is 11.6 Å². The largest absolute Gasteiger partial charge is 0.298 e. The fourth-order valence-corrected chi connectivity index (χ4v) is 2.71. The number of carbonyl (C=O) groups is 1. The molecule has 0 radical (unpaired) electrons. The molecule has 104 valence electrons. The number of amides is 1. The third kappa shape index (κ3) is 3.45. The monoisotopic (exact) mass is 315 g/mol. The van der Waals surface area contributed by atoms with Gasteiger partial charge in [0, 0.05) is 12.3 Å². The van der Waals surface area contributed by atoms with Gasteiger partial charge in [0.05, 0.1) is 10.2 Å². The van der Waals surface area contributed by atoms with Gasteiger partial charge < -0.3 is 0 Å². The van der Waals surface area contributed by atoms with Crippen LogP contribution in [0.5, 0.6) is 0 Å². The highest BCUT2D eigenvalue weighted by Gasteiger charge is 2.04. The molecule has 0 aliphatic carbocycles. The third-order valence-electron chi connectivity index (χ3n) is 2.70. The minimum absolute atomic E-state index is 0.232. The molecule has 0 fully saturated rings. The van der Waals surface area contributed by atoms with E-state index in [1.165, 1.54) is 17.4 Å². The Hall–Kier alpha value is -2.24. The minimum atomic E-state index is -0.232. The highest BCUT2D eigenvalue weighted by atomic mass is 35.5. The number of carbonyl (C=O) groups excluding carboxylic acids is 1. The lowest BCUT2D eigenvalue weighted by Gasteiger charge is -1.95. The third-order valence-corrected chi connectivity index (χ3v) is 3.88. The number of benzene rings is 1. The molecule has 0 saturated carbocycles. The number of hydrogen-bond donors (Lipinski definition) is 1. The highest BCUT2D eigenvalue weighted by Crippen LogP contribution is 2.25. The summed E-state index contributed by atoms with van der Waals surface area (Å²) in [4.78, 5) is 20.1. The van der Waals surface area contributed by atoms with Crippen molar-refractivity contribution in [3.63, 3.8) is 0 Å². The van der Waals surface area contributed by atoms with Crippen LogP contribution >= 0.6 is 22.9 Å². The topological polar surface area (TPSA) is 54.9 Å². The second-order valence-corrected chi connectivity index (χ2v) is 5.64. The van der Waals surface area contributed by atoms with Gasteiger partial charge in [0.15, 0.2) is 5.13 Å². The van der Waals surface area contributed by atoms with Crippen molar-refractivity contribution in [2.45, 2.75) is 0 Å². The zero-order chi connectivity index (χ0) is 14.7. The molecule has 0 bridgehead atoms. The van der Waals surface area contributed by atoms with E-state index in [0.717, 1.165) is 15.8 Å². The first-order chi connectivity index (χ1) is 10.2. The van der Waals surface area contributed by atoms with Crippen LogP contribution in [0.2, 0.25) is 5.15 Å². The summed E-state index contributed by atoms with van der Waals surface area (Å²) in [6.45, 7) is 0. The molecule has 0 spiro atoms. The second kappa shape index (κ2) is 6.03. The summed E-state index contributed by atoms with van der Waals surface area (Å²) in [6.07, 6.45) is 4.72. The number of hydrogen-bond acceptors (Lipinski definition) is 4. The van der Waals surface area contributed by atoms with E-state index >= 15 is 0 Å². The maximum absolute atomic E-state index is 11.9. The quantitative estimate of drug-likeness (QED) is 0.587. The fraction of sp³-hybridized carbons (Fsp3) is 0. The minimum Gasteiger partial charge on any atom is -0.298 e. The molecule has 0 atom stereocenters. The zero-order valence-electron chi connectivity index (χ0n) is 10.8. The lowest BCUT2D eigenvalue weighted by atomic mass is 10.2. The standard InChI is InChI=1S/C15H10ClN3OS/c16-13-7-5-10(9-17-13)6-8-14(20)19-15-18-11-3-1-2-4-12(11)21-15/h1-9H,(H,18,19,20). The van der Waals surface area contributed by atoms with Crippen LogP contribution in [0.4, 0.5) is 5.13 Å². The smallest absolute Gasteiger partial charge is 0.250 e. The van der Waals surface area contributed by atoms with Crippen LogP contribution in [0, 0.1) is 0 Å². The summed E-state index contributed by atoms with van der Waals surface area (Å²) < 4.78 is 1.04. The normalized spacial score (nSPS) is 11.1. The van der Waals surface area contributed by atoms with Crippen molar-refractivity contribution in [2.24, 2.45) is 0 Å². The maximum atomic E-state index is 11.9. The molecule has 2 aromatic heterocycles. The Morgan fingerprint density at radius 3 is 2.86 bits per heavy atom. The molecule has 21 heavy (non-hydrogen) atoms. The van der Waals surface area contributed by atoms with Gasteiger partial charge in [-0.3, -0.25) is 10.1 Å². The predicted octanol–water partition coefficient (Wildman–Crippen LogP) is 4.00. The summed E-state index contributed by atoms with van der Waals surface area (Å²) >= 11 is 7.14. The Balaban J connectivity index is 1.69. The van der Waals surface area contributed by atoms with Gasteiger partial charge in [-0.2, -0.15) is 0 Å². The summed E-state index contributed by atoms with van der Waals surface area (Å²) in [7, 11) is 0. The molecular formula is C15H10ClN3OS. The molecule has 0 saturated heterocycles. The van der Waals surface area contributed by atoms with Crippen LogP contribution in [0.3, 0.4) is 0 Å². The summed E-state index contributed by atoms with van der Waals surface area (Å²) in [6, 6.07) is 11.2. The van der Waals surface area contributed by atoms with Crippen LogP contribution in [0.15, 0.2) is 48.7 Å². The van der Waals surface area contributed by atoms with Crippen molar-refractivity contribution in [2.75, 3.05) is 5.32 Å². The fourth-order valence-electron chi connectivity index (χ4n) is 1.73. The van der Waals surface area contributed by atoms with Gasteiger partial charge in [0.25, 0.3) is 0 Å². The van der Waals surface area contributed by atoms with Gasteiger partial charge >= 0.3 is 0 Å². The molecule has 0 aliphatic heterocycles. The zero-order valence-corrected chi connectivity index (χ0v) is 12.4. The van der Waals surface area contributed by atoms with Crippen molar-refractivity contribution in [3.05, 3.63) is 59.4 Å². The molecule has 1 aromatic carbocycles. The number of para-hydroxylation sites is 1. The molecule has 4 nitrogen and oxygen atoms in total. The Labute approximate surface area is 130 Å². The number of thiazole rings is 1. The number of halogens is 1. The summed E-state index contributed by atoms with van der Waals surface area (Å²) in [5.41, 5.74) is 1.68. The lowest BCUT2D eigenvalue weighted by molar-refractivity contribution is -0.111. The van der Waals surface area contributed by atoms with Crippen molar-refractivity contribution in [1.29, 1.82) is 0 Å². The molecule has 3 aromatic rings. The molecule has 0 aliphatic rings. The van der Waals surface area contributed by atoms with Crippen LogP contribution in [-0.2, 0) is 4.79 Å². The summed E-state index contributed by atoms with van der Waals surface area (Å²) in [5.74, 6) is -0.232. The Bertz CT molecular complexity index is 778. The van der Waals surface area contributed by atoms with Gasteiger partial charge in [0.2, 0.25) is 5.91 Å². The number of rotatable bonds is 3. The molecule has 2 heterocycles. The van der Waals surface area contributed by atoms with E-state index < -0.39 is 0 Å². The molecule has 3 rings (SSSR count). The van der Waals surface area contributed by atoms with Gasteiger partial charge in [0.1, 0.15) is 5.15 Å². The van der Waals surface area contributed by atoms with E-state index in [0.29, 0.717) is 10.3 Å². The van der Waals surface area contributed by atoms with Crippen LogP contribution in [0.25, 0.3) is 16.3 Å². The van der Waals surface area contributed by atoms with E-state index in [2.05, 4.69) is 15.3 Å². The number of nitrogens with one attached hydrogen (secondary N) is 1. The van der Waals surface area contributed by atoms with Crippen LogP contribution < -0.4 is 5.32 Å². The maximum Gasteiger partial charge on any atom is 0.250 e. The molecular weight excluding hydrogens is 306 g/mol. The van der Waals surface area contributed by atoms with Crippen LogP contribution in [-0.4, -0.2) is 15.9 Å². The number of anilines is 1. The SMILES string of the molecule is O=C(C=Cc1ccc(Cl)nc1)Nc1nc2ccccc2s1. The van der Waals surface area contributed by atoms with Crippen molar-refractivity contribution in [1.82, 2.24) is 9.97 Å². The average molecular weight is 316 g/mol. The first-order valence-corrected chi connectivity index (χ1v) is 7.36. The molecule has 6 heteroatoms. The van der Waals surface area contributed by atoms with E-state index in [-0.39, 0.29) is 5.91 Å². The van der Waals surface area contributed by atoms with Crippen molar-refractivity contribution >= 4 is 50.3 Å². The van der Waals surface area contributed by atoms with E-state index in [1.807, 2.05) is 24.3 Å². The highest BCUT2D eigenvalue weighted by molar-refractivity contribution is 7.22. The lowest BCUT2D eigenvalue weighted by Crippen LogP contribution is -2.07. The first kappa shape index (κ1) is 13.7. The molecule has 1 amide bonds. The van der Waals surface area contributed by atoms with Crippen LogP contribution in [0.1, 0.15) is 5.56 Å². The van der Waals surface area contributed by atoms with Gasteiger partial charge in [-0.25, -0.2) is 9.97 Å². The Morgan fingerprint density at radius 1 is 1.24 bits per heavy atom. The predicted molar refractivity (Wildman–Crippen MR) is 86.5 cm³/mol. The van der Waals surface area contributed by atoms with Crippen molar-refractivity contribution < 1.29 is 4.79 Å². The number of nitrogens with zero attached hydrogens (tertiary/aromatic N) is 2. The number of fused-ring (bicyclic) bond motifs is 1. The number of pyridine rings is 1. The molecule has 1 N–H and O–H groups in total. The Kier molecular flexibility index (Phi) is 3.94. The van der Waals surface area contributed by atoms with Gasteiger partial charge in [-0.05, 0) is 29.8 Å².